The third kappa shape index (κ3) is 38.3. The average Bonchev–Trinajstić information content (AvgIpc) is 1.62. The number of likely N-dealkylation sites (N-methyl/N-ethyl adjacent to an activating group) is 3. The van der Waals surface area contributed by atoms with Crippen LogP contribution in [0.3, 0.4) is 0 Å². The molecular weight excluding hydrogens is 1580 g/mol. The third-order valence-electron chi connectivity index (χ3n) is 15.7. The quantitative estimate of drug-likeness (QED) is 0.0151. The number of urea groups is 2. The molecule has 2 atom stereocenters. The number of halogens is 9. The summed E-state index contributed by atoms with van der Waals surface area (Å²) in [6.45, 7) is 31.5. The number of benzene rings is 2. The number of aliphatic hydroxyl groups is 3. The Morgan fingerprint density at radius 2 is 1.01 bits per heavy atom. The maximum Gasteiger partial charge on any atom is 0.495 e. The van der Waals surface area contributed by atoms with Crippen LogP contribution in [0.5, 0.6) is 0 Å². The number of amides is 4. The first-order valence-electron chi connectivity index (χ1n) is 34.0. The van der Waals surface area contributed by atoms with Crippen LogP contribution in [0.2, 0.25) is 0 Å². The van der Waals surface area contributed by atoms with Crippen molar-refractivity contribution in [1.82, 2.24) is 30.1 Å². The van der Waals surface area contributed by atoms with Gasteiger partial charge in [0.2, 0.25) is 5.95 Å². The maximum atomic E-state index is 12.6. The molecule has 103 heavy (non-hydrogen) atoms. The predicted molar refractivity (Wildman–Crippen MR) is 415 cm³/mol. The molecule has 23 nitrogen and oxygen atoms in total. The van der Waals surface area contributed by atoms with Crippen molar-refractivity contribution >= 4 is 110 Å². The molecule has 3 aromatic heterocycles. The van der Waals surface area contributed by atoms with Crippen molar-refractivity contribution in [2.75, 3.05) is 164 Å². The van der Waals surface area contributed by atoms with Gasteiger partial charge >= 0.3 is 31.5 Å². The van der Waals surface area contributed by atoms with Gasteiger partial charge in [0, 0.05) is 137 Å². The maximum absolute atomic E-state index is 12.6. The minimum Gasteiger partial charge on any atom is -0.399 e. The lowest BCUT2D eigenvalue weighted by molar-refractivity contribution is -0.144. The summed E-state index contributed by atoms with van der Waals surface area (Å²) in [5.74, 6) is 0.811. The first kappa shape index (κ1) is 95.1. The molecule has 33 heteroatoms. The fourth-order valence-corrected chi connectivity index (χ4v) is 10.9. The molecule has 3 saturated heterocycles. The number of aliphatic hydroxyl groups excluding tert-OH is 3. The van der Waals surface area contributed by atoms with Crippen LogP contribution in [-0.2, 0) is 23.5 Å². The fourth-order valence-electron chi connectivity index (χ4n) is 9.70. The van der Waals surface area contributed by atoms with E-state index in [1.807, 2.05) is 142 Å². The highest BCUT2D eigenvalue weighted by Gasteiger charge is 2.52. The number of hydrogen-bond acceptors (Lipinski definition) is 19. The van der Waals surface area contributed by atoms with Gasteiger partial charge in [0.1, 0.15) is 29.1 Å². The molecule has 0 bridgehead atoms. The molecule has 0 radical (unpaired) electrons. The van der Waals surface area contributed by atoms with Crippen molar-refractivity contribution in [2.45, 2.75) is 132 Å². The van der Waals surface area contributed by atoms with E-state index in [2.05, 4.69) is 53.5 Å². The highest BCUT2D eigenvalue weighted by atomic mass is 127. The zero-order chi connectivity index (χ0) is 78.3. The van der Waals surface area contributed by atoms with Crippen LogP contribution in [-0.4, -0.2) is 209 Å². The molecule has 3 aliphatic rings. The number of likely N-dealkylation sites (tertiary alicyclic amines) is 2. The van der Waals surface area contributed by atoms with Gasteiger partial charge in [-0.2, -0.15) is 30.7 Å². The van der Waals surface area contributed by atoms with E-state index in [9.17, 15) is 45.4 Å². The molecule has 0 saturated carbocycles. The van der Waals surface area contributed by atoms with E-state index in [-0.39, 0.29) is 38.7 Å². The van der Waals surface area contributed by atoms with Crippen molar-refractivity contribution in [3.8, 4) is 11.1 Å². The van der Waals surface area contributed by atoms with Crippen molar-refractivity contribution in [3.63, 3.8) is 0 Å². The molecule has 2 aromatic carbocycles. The summed E-state index contributed by atoms with van der Waals surface area (Å²) in [7, 11) is 4.91. The van der Waals surface area contributed by atoms with Crippen LogP contribution < -0.4 is 48.4 Å². The lowest BCUT2D eigenvalue weighted by Crippen LogP contribution is -2.41. The first-order valence-corrected chi connectivity index (χ1v) is 36.2. The SMILES string of the molecule is CCOCC.CCOCC.CCOCC.CN(CCO)c1cc(I)cc(N)n1.CNCCO.Cc1ccc(NC(=O)N2CC[C@@H](CC(F)(F)F)C2)cc1-c1cc(N)nc(N(C)CCO)c1.Cc1ccc(NC(=O)N2CC[C@@H](CC(F)(F)F)C2)cc1B1OC(C)(C)C(C)(C)O1.Nc1cc(I)cc(F)n1. The number of aromatic nitrogens is 3. The van der Waals surface area contributed by atoms with E-state index in [0.717, 1.165) is 80.3 Å². The molecule has 3 fully saturated rings. The molecule has 0 unspecified atom stereocenters. The molecule has 5 aromatic rings. The summed E-state index contributed by atoms with van der Waals surface area (Å²) >= 11 is 4.15. The van der Waals surface area contributed by atoms with Crippen LogP contribution in [0.4, 0.5) is 80.8 Å². The van der Waals surface area contributed by atoms with Crippen molar-refractivity contribution in [1.29, 1.82) is 0 Å². The van der Waals surface area contributed by atoms with Crippen molar-refractivity contribution in [3.05, 3.63) is 97.0 Å². The number of carbonyl (C=O) groups is 2. The van der Waals surface area contributed by atoms with E-state index in [1.54, 1.807) is 61.5 Å². The lowest BCUT2D eigenvalue weighted by Gasteiger charge is -2.32. The highest BCUT2D eigenvalue weighted by Crippen LogP contribution is 2.38. The first-order chi connectivity index (χ1) is 48.3. The average molecular weight is 1690 g/mol. The molecule has 6 heterocycles. The molecule has 0 spiro atoms. The second-order valence-electron chi connectivity index (χ2n) is 24.6. The van der Waals surface area contributed by atoms with E-state index in [4.69, 9.17) is 50.9 Å². The zero-order valence-corrected chi connectivity index (χ0v) is 66.6. The number of nitrogens with one attached hydrogen (secondary N) is 3. The lowest BCUT2D eigenvalue weighted by atomic mass is 9.76. The summed E-state index contributed by atoms with van der Waals surface area (Å²) in [6.07, 6.45) is -9.45. The van der Waals surface area contributed by atoms with Gasteiger partial charge in [-0.25, -0.2) is 24.5 Å². The van der Waals surface area contributed by atoms with Crippen LogP contribution in [0.15, 0.2) is 72.8 Å². The van der Waals surface area contributed by atoms with Crippen LogP contribution in [0.1, 0.15) is 106 Å². The van der Waals surface area contributed by atoms with E-state index >= 15 is 0 Å². The summed E-state index contributed by atoms with van der Waals surface area (Å²) in [5.41, 5.74) is 21.3. The standard InChI is InChI=1S/C22H28F3N5O2.C20H28BF3N2O3.C8H12IN3O.C5H4FIN2.3C4H10O.C3H9NO/c1-14-3-4-17(27-21(32)30-6-5-15(13-30)12-22(23,24)25)11-18(14)16-9-19(26)28-20(10-16)29(2)7-8-31;1-13-6-7-15(10-16(13)21-28-18(2,3)19(4,5)29-21)25-17(27)26-9-8-14(12-26)11-20(22,23)24;1-12(2-3-13)8-5-6(9)4-7(10)11-8;6-4-1-3(7)2-5(8)9-4;3*1-3-5-4-2;1-4-2-3-5/h3-4,9-11,15,31H,5-8,12-13H2,1-2H3,(H2,26,28)(H,27,32);6-7,10,14H,8-9,11-12H2,1-5H3,(H,25,27);4-5,13H,2-3H2,1H3,(H2,10,11);1-2H,(H2,8,9);3*3-4H2,1-2H3;4-5H,2-3H2,1H3/t15-;14-;;;;;;/m00....../s1. The summed E-state index contributed by atoms with van der Waals surface area (Å²) in [5, 5.41) is 34.3. The molecule has 0 aliphatic carbocycles. The fraction of sp³-hybridized carbons (Fsp3) is 0.586. The summed E-state index contributed by atoms with van der Waals surface area (Å²) in [4.78, 5) is 43.4. The van der Waals surface area contributed by atoms with Gasteiger partial charge in [-0.3, -0.25) is 0 Å². The Morgan fingerprint density at radius 3 is 1.37 bits per heavy atom. The van der Waals surface area contributed by atoms with Crippen LogP contribution in [0, 0.1) is 38.8 Å². The number of nitrogens with two attached hydrogens (primary N) is 3. The van der Waals surface area contributed by atoms with Gasteiger partial charge in [0.05, 0.1) is 31.0 Å². The van der Waals surface area contributed by atoms with Crippen LogP contribution >= 0.6 is 45.2 Å². The third-order valence-corrected chi connectivity index (χ3v) is 16.9. The zero-order valence-electron chi connectivity index (χ0n) is 62.3. The number of alkyl halides is 6. The molecule has 4 amide bonds. The number of pyridine rings is 3. The Hall–Kier alpha value is -5.90. The highest BCUT2D eigenvalue weighted by molar-refractivity contribution is 14.1. The molecule has 3 aliphatic heterocycles. The van der Waals surface area contributed by atoms with Gasteiger partial charge in [-0.05, 0) is 237 Å². The number of nitrogens with zero attached hydrogens (tertiary/aromatic N) is 7. The minimum absolute atomic E-state index is 0.0246. The van der Waals surface area contributed by atoms with Gasteiger partial charge in [0.25, 0.3) is 0 Å². The van der Waals surface area contributed by atoms with Gasteiger partial charge in [0.15, 0.2) is 0 Å². The monoisotopic (exact) mass is 1690 g/mol. The topological polar surface area (TPSA) is 307 Å². The van der Waals surface area contributed by atoms with Crippen molar-refractivity contribution < 1.29 is 79.2 Å². The van der Waals surface area contributed by atoms with Crippen molar-refractivity contribution in [2.24, 2.45) is 11.8 Å². The number of ether oxygens (including phenoxy) is 3. The Labute approximate surface area is 632 Å². The number of hydrogen-bond donors (Lipinski definition) is 9. The summed E-state index contributed by atoms with van der Waals surface area (Å²) < 4.78 is 116. The Balaban J connectivity index is 0.000000670. The number of anilines is 7. The number of rotatable bonds is 20. The number of carbonyl (C=O) groups excluding carboxylic acids is 2. The molecule has 582 valence electrons. The second-order valence-corrected chi connectivity index (χ2v) is 27.1. The van der Waals surface area contributed by atoms with Crippen LogP contribution in [0.25, 0.3) is 11.1 Å². The Morgan fingerprint density at radius 1 is 0.612 bits per heavy atom. The van der Waals surface area contributed by atoms with E-state index in [1.165, 1.54) is 15.9 Å². The normalized spacial score (nSPS) is 15.4. The smallest absolute Gasteiger partial charge is 0.399 e. The molecular formula is C70H111BF7I2N13O10. The Kier molecular flexibility index (Phi) is 45.3. The predicted octanol–water partition coefficient (Wildman–Crippen LogP) is 12.4. The number of nitrogen functional groups attached to an aromatic ring is 3. The Bertz CT molecular complexity index is 3130. The van der Waals surface area contributed by atoms with Gasteiger partial charge < -0.3 is 91.6 Å². The van der Waals surface area contributed by atoms with Gasteiger partial charge in [-0.15, -0.1) is 0 Å². The molecule has 8 rings (SSSR count). The number of aryl methyl sites for hydroxylation is 2. The van der Waals surface area contributed by atoms with E-state index < -0.39 is 73.4 Å². The second kappa shape index (κ2) is 49.1. The van der Waals surface area contributed by atoms with E-state index in [0.29, 0.717) is 74.4 Å². The van der Waals surface area contributed by atoms with Gasteiger partial charge in [-0.1, -0.05) is 17.7 Å². The molecule has 12 N–H and O–H groups in total. The largest absolute Gasteiger partial charge is 0.495 e. The minimum atomic E-state index is -4.22. The summed E-state index contributed by atoms with van der Waals surface area (Å²) in [6, 6.07) is 20.3.